The Kier molecular flexibility index (Phi) is 2.73. The van der Waals surface area contributed by atoms with Gasteiger partial charge in [0.15, 0.2) is 0 Å². The van der Waals surface area contributed by atoms with Crippen molar-refractivity contribution in [1.82, 2.24) is 14.7 Å². The summed E-state index contributed by atoms with van der Waals surface area (Å²) in [6.07, 6.45) is 2.71. The molecule has 1 aliphatic rings. The molecule has 82 valence electrons. The normalized spacial score (nSPS) is 18.1. The van der Waals surface area contributed by atoms with Crippen molar-refractivity contribution >= 4 is 5.91 Å². The van der Waals surface area contributed by atoms with E-state index in [-0.39, 0.29) is 12.0 Å². The van der Waals surface area contributed by atoms with Crippen LogP contribution in [0, 0.1) is 0 Å². The van der Waals surface area contributed by atoms with Gasteiger partial charge in [-0.3, -0.25) is 9.48 Å². The van der Waals surface area contributed by atoms with Gasteiger partial charge in [0.05, 0.1) is 6.10 Å². The Morgan fingerprint density at radius 2 is 2.20 bits per heavy atom. The molecule has 1 fully saturated rings. The van der Waals surface area contributed by atoms with E-state index in [1.165, 1.54) is 0 Å². The van der Waals surface area contributed by atoms with Gasteiger partial charge >= 0.3 is 0 Å². The minimum absolute atomic E-state index is 0.00176. The van der Waals surface area contributed by atoms with Crippen molar-refractivity contribution in [1.29, 1.82) is 0 Å². The van der Waals surface area contributed by atoms with Crippen LogP contribution in [0.5, 0.6) is 0 Å². The molecule has 1 N–H and O–H groups in total. The topological polar surface area (TPSA) is 58.4 Å². The predicted molar refractivity (Wildman–Crippen MR) is 54.4 cm³/mol. The third-order valence-corrected chi connectivity index (χ3v) is 2.79. The van der Waals surface area contributed by atoms with Crippen LogP contribution >= 0.6 is 0 Å². The van der Waals surface area contributed by atoms with Crippen LogP contribution in [0.4, 0.5) is 0 Å². The summed E-state index contributed by atoms with van der Waals surface area (Å²) in [5.41, 5.74) is 0.603. The first-order valence-electron chi connectivity index (χ1n) is 5.14. The van der Waals surface area contributed by atoms with Crippen LogP contribution in [0.15, 0.2) is 12.3 Å². The number of piperidine rings is 1. The lowest BCUT2D eigenvalue weighted by atomic mass is 10.1. The fourth-order valence-electron chi connectivity index (χ4n) is 1.81. The molecule has 2 rings (SSSR count). The average molecular weight is 209 g/mol. The van der Waals surface area contributed by atoms with Crippen LogP contribution < -0.4 is 0 Å². The zero-order chi connectivity index (χ0) is 10.8. The standard InChI is InChI=1S/C10H15N3O2/c1-12-9(2-5-11-12)10(15)13-6-3-8(14)4-7-13/h2,5,8,14H,3-4,6-7H2,1H3. The summed E-state index contributed by atoms with van der Waals surface area (Å²) in [6, 6.07) is 1.72. The van der Waals surface area contributed by atoms with E-state index in [2.05, 4.69) is 5.10 Å². The molecule has 1 aromatic rings. The summed E-state index contributed by atoms with van der Waals surface area (Å²) in [5, 5.41) is 13.3. The van der Waals surface area contributed by atoms with Crippen molar-refractivity contribution < 1.29 is 9.90 Å². The summed E-state index contributed by atoms with van der Waals surface area (Å²) in [6.45, 7) is 1.26. The molecular weight excluding hydrogens is 194 g/mol. The lowest BCUT2D eigenvalue weighted by molar-refractivity contribution is 0.0537. The van der Waals surface area contributed by atoms with Crippen molar-refractivity contribution in [3.63, 3.8) is 0 Å². The van der Waals surface area contributed by atoms with Gasteiger partial charge in [0, 0.05) is 26.3 Å². The molecule has 15 heavy (non-hydrogen) atoms. The molecule has 0 aromatic carbocycles. The van der Waals surface area contributed by atoms with E-state index in [1.807, 2.05) is 0 Å². The second kappa shape index (κ2) is 4.02. The van der Waals surface area contributed by atoms with Crippen molar-refractivity contribution in [2.75, 3.05) is 13.1 Å². The Morgan fingerprint density at radius 3 is 2.73 bits per heavy atom. The molecule has 0 saturated carbocycles. The summed E-state index contributed by atoms with van der Waals surface area (Å²) >= 11 is 0. The number of carbonyl (C=O) groups is 1. The molecule has 5 heteroatoms. The van der Waals surface area contributed by atoms with Crippen LogP contribution in [0.2, 0.25) is 0 Å². The predicted octanol–water partition coefficient (Wildman–Crippen LogP) is 0.0170. The Hall–Kier alpha value is -1.36. The fraction of sp³-hybridized carbons (Fsp3) is 0.600. The maximum absolute atomic E-state index is 12.0. The van der Waals surface area contributed by atoms with Gasteiger partial charge in [-0.25, -0.2) is 0 Å². The van der Waals surface area contributed by atoms with Crippen LogP contribution in [-0.2, 0) is 7.05 Å². The van der Waals surface area contributed by atoms with Crippen molar-refractivity contribution in [3.8, 4) is 0 Å². The number of aromatic nitrogens is 2. The molecule has 0 radical (unpaired) electrons. The Bertz CT molecular complexity index is 353. The maximum Gasteiger partial charge on any atom is 0.272 e. The molecule has 0 unspecified atom stereocenters. The highest BCUT2D eigenvalue weighted by molar-refractivity contribution is 5.92. The van der Waals surface area contributed by atoms with Gasteiger partial charge in [0.2, 0.25) is 0 Å². The number of hydrogen-bond donors (Lipinski definition) is 1. The van der Waals surface area contributed by atoms with Crippen molar-refractivity contribution in [3.05, 3.63) is 18.0 Å². The van der Waals surface area contributed by atoms with E-state index in [4.69, 9.17) is 0 Å². The number of hydrogen-bond acceptors (Lipinski definition) is 3. The van der Waals surface area contributed by atoms with Crippen molar-refractivity contribution in [2.45, 2.75) is 18.9 Å². The van der Waals surface area contributed by atoms with Gasteiger partial charge in [0.25, 0.3) is 5.91 Å². The third kappa shape index (κ3) is 2.02. The Labute approximate surface area is 88.3 Å². The molecule has 5 nitrogen and oxygen atoms in total. The SMILES string of the molecule is Cn1nccc1C(=O)N1CCC(O)CC1. The van der Waals surface area contributed by atoms with Gasteiger partial charge in [-0.15, -0.1) is 0 Å². The number of amides is 1. The summed E-state index contributed by atoms with van der Waals surface area (Å²) in [4.78, 5) is 13.7. The number of nitrogens with zero attached hydrogens (tertiary/aromatic N) is 3. The summed E-state index contributed by atoms with van der Waals surface area (Å²) in [7, 11) is 1.76. The van der Waals surface area contributed by atoms with E-state index in [0.29, 0.717) is 31.6 Å². The molecule has 1 saturated heterocycles. The van der Waals surface area contributed by atoms with Crippen LogP contribution in [-0.4, -0.2) is 44.9 Å². The largest absolute Gasteiger partial charge is 0.393 e. The minimum Gasteiger partial charge on any atom is -0.393 e. The quantitative estimate of drug-likeness (QED) is 0.709. The summed E-state index contributed by atoms with van der Waals surface area (Å²) < 4.78 is 1.58. The lowest BCUT2D eigenvalue weighted by Gasteiger charge is -2.29. The second-order valence-corrected chi connectivity index (χ2v) is 3.86. The number of aryl methyl sites for hydroxylation is 1. The lowest BCUT2D eigenvalue weighted by Crippen LogP contribution is -2.40. The number of aliphatic hydroxyl groups is 1. The first-order valence-corrected chi connectivity index (χ1v) is 5.14. The Balaban J connectivity index is 2.06. The van der Waals surface area contributed by atoms with Crippen LogP contribution in [0.1, 0.15) is 23.3 Å². The van der Waals surface area contributed by atoms with E-state index in [0.717, 1.165) is 0 Å². The molecule has 1 aromatic heterocycles. The zero-order valence-electron chi connectivity index (χ0n) is 8.76. The van der Waals surface area contributed by atoms with E-state index in [1.54, 1.807) is 28.9 Å². The first kappa shape index (κ1) is 10.2. The monoisotopic (exact) mass is 209 g/mol. The smallest absolute Gasteiger partial charge is 0.272 e. The van der Waals surface area contributed by atoms with Gasteiger partial charge in [-0.1, -0.05) is 0 Å². The van der Waals surface area contributed by atoms with Gasteiger partial charge in [0.1, 0.15) is 5.69 Å². The molecular formula is C10H15N3O2. The fourth-order valence-corrected chi connectivity index (χ4v) is 1.81. The highest BCUT2D eigenvalue weighted by atomic mass is 16.3. The molecule has 0 bridgehead atoms. The third-order valence-electron chi connectivity index (χ3n) is 2.79. The second-order valence-electron chi connectivity index (χ2n) is 3.86. The highest BCUT2D eigenvalue weighted by Gasteiger charge is 2.23. The van der Waals surface area contributed by atoms with Gasteiger partial charge in [-0.2, -0.15) is 5.10 Å². The van der Waals surface area contributed by atoms with Gasteiger partial charge in [-0.05, 0) is 18.9 Å². The molecule has 2 heterocycles. The van der Waals surface area contributed by atoms with Crippen molar-refractivity contribution in [2.24, 2.45) is 7.05 Å². The highest BCUT2D eigenvalue weighted by Crippen LogP contribution is 2.13. The number of aliphatic hydroxyl groups excluding tert-OH is 1. The van der Waals surface area contributed by atoms with Gasteiger partial charge < -0.3 is 10.0 Å². The van der Waals surface area contributed by atoms with Crippen LogP contribution in [0.25, 0.3) is 0 Å². The maximum atomic E-state index is 12.0. The van der Waals surface area contributed by atoms with E-state index >= 15 is 0 Å². The first-order chi connectivity index (χ1) is 7.18. The molecule has 0 atom stereocenters. The molecule has 1 aliphatic heterocycles. The van der Waals surface area contributed by atoms with Crippen LogP contribution in [0.3, 0.4) is 0 Å². The Morgan fingerprint density at radius 1 is 1.53 bits per heavy atom. The molecule has 0 spiro atoms. The summed E-state index contributed by atoms with van der Waals surface area (Å²) in [5.74, 6) is 0.00176. The zero-order valence-corrected chi connectivity index (χ0v) is 8.76. The van der Waals surface area contributed by atoms with E-state index < -0.39 is 0 Å². The average Bonchev–Trinajstić information content (AvgIpc) is 2.65. The number of likely N-dealkylation sites (tertiary alicyclic amines) is 1. The number of carbonyl (C=O) groups excluding carboxylic acids is 1. The van der Waals surface area contributed by atoms with E-state index in [9.17, 15) is 9.90 Å². The minimum atomic E-state index is -0.249. The molecule has 1 amide bonds. The molecule has 0 aliphatic carbocycles. The number of rotatable bonds is 1.